The van der Waals surface area contributed by atoms with Crippen molar-refractivity contribution >= 4 is 5.97 Å². The molecule has 4 heteroatoms. The van der Waals surface area contributed by atoms with Gasteiger partial charge in [-0.25, -0.2) is 4.79 Å². The molecule has 20 heavy (non-hydrogen) atoms. The molecule has 0 saturated carbocycles. The van der Waals surface area contributed by atoms with E-state index in [4.69, 9.17) is 9.47 Å². The second kappa shape index (κ2) is 8.02. The van der Waals surface area contributed by atoms with Gasteiger partial charge < -0.3 is 9.47 Å². The van der Waals surface area contributed by atoms with Crippen molar-refractivity contribution in [2.24, 2.45) is 5.92 Å². The molecule has 1 aromatic rings. The lowest BCUT2D eigenvalue weighted by Gasteiger charge is -2.31. The average molecular weight is 279 g/mol. The van der Waals surface area contributed by atoms with E-state index in [2.05, 4.69) is 19.2 Å². The first-order valence-corrected chi connectivity index (χ1v) is 6.97. The van der Waals surface area contributed by atoms with Crippen LogP contribution in [0.15, 0.2) is 30.3 Å². The van der Waals surface area contributed by atoms with Crippen LogP contribution in [0.2, 0.25) is 0 Å². The highest BCUT2D eigenvalue weighted by Gasteiger charge is 2.40. The molecule has 0 aliphatic carbocycles. The fourth-order valence-electron chi connectivity index (χ4n) is 2.02. The maximum absolute atomic E-state index is 12.2. The maximum atomic E-state index is 12.2. The molecule has 0 amide bonds. The molecule has 0 radical (unpaired) electrons. The first-order valence-electron chi connectivity index (χ1n) is 6.97. The second-order valence-corrected chi connectivity index (χ2v) is 5.25. The molecule has 0 fully saturated rings. The van der Waals surface area contributed by atoms with Gasteiger partial charge in [0.25, 0.3) is 0 Å². The Kier molecular flexibility index (Phi) is 6.68. The first-order chi connectivity index (χ1) is 9.56. The summed E-state index contributed by atoms with van der Waals surface area (Å²) in [4.78, 5) is 12.2. The number of esters is 1. The van der Waals surface area contributed by atoms with Gasteiger partial charge in [0, 0.05) is 6.61 Å². The van der Waals surface area contributed by atoms with Gasteiger partial charge in [-0.2, -0.15) is 0 Å². The van der Waals surface area contributed by atoms with Crippen LogP contribution in [0.1, 0.15) is 25.8 Å². The Morgan fingerprint density at radius 2 is 1.95 bits per heavy atom. The molecule has 0 saturated heterocycles. The number of methoxy groups -OCH3 is 1. The Morgan fingerprint density at radius 1 is 1.30 bits per heavy atom. The molecule has 112 valence electrons. The third kappa shape index (κ3) is 4.05. The monoisotopic (exact) mass is 279 g/mol. The molecule has 1 unspecified atom stereocenters. The van der Waals surface area contributed by atoms with E-state index in [1.165, 1.54) is 7.11 Å². The van der Waals surface area contributed by atoms with Crippen molar-refractivity contribution in [1.82, 2.24) is 5.32 Å². The van der Waals surface area contributed by atoms with Crippen LogP contribution in [-0.2, 0) is 19.8 Å². The van der Waals surface area contributed by atoms with Gasteiger partial charge in [0.2, 0.25) is 0 Å². The lowest BCUT2D eigenvalue weighted by molar-refractivity contribution is -0.152. The van der Waals surface area contributed by atoms with Crippen LogP contribution in [-0.4, -0.2) is 33.3 Å². The van der Waals surface area contributed by atoms with Crippen molar-refractivity contribution in [1.29, 1.82) is 0 Å². The molecule has 4 nitrogen and oxygen atoms in total. The zero-order valence-electron chi connectivity index (χ0n) is 12.8. The van der Waals surface area contributed by atoms with Gasteiger partial charge in [0.15, 0.2) is 5.54 Å². The average Bonchev–Trinajstić information content (AvgIpc) is 2.48. The van der Waals surface area contributed by atoms with Gasteiger partial charge in [-0.15, -0.1) is 0 Å². The van der Waals surface area contributed by atoms with Gasteiger partial charge in [0.1, 0.15) is 0 Å². The summed E-state index contributed by atoms with van der Waals surface area (Å²) in [5.74, 6) is 0.240. The molecular formula is C16H25NO3. The number of carbonyl (C=O) groups is 1. The largest absolute Gasteiger partial charge is 0.467 e. The Morgan fingerprint density at radius 3 is 2.45 bits per heavy atom. The molecule has 1 N–H and O–H groups in total. The molecule has 0 spiro atoms. The van der Waals surface area contributed by atoms with E-state index in [1.54, 1.807) is 7.05 Å². The molecule has 0 heterocycles. The summed E-state index contributed by atoms with van der Waals surface area (Å²) < 4.78 is 10.7. The van der Waals surface area contributed by atoms with Crippen molar-refractivity contribution in [3.8, 4) is 0 Å². The fourth-order valence-corrected chi connectivity index (χ4v) is 2.02. The highest BCUT2D eigenvalue weighted by atomic mass is 16.5. The Balaban J connectivity index is 2.87. The summed E-state index contributed by atoms with van der Waals surface area (Å²) >= 11 is 0. The Hall–Kier alpha value is -1.39. The smallest absolute Gasteiger partial charge is 0.333 e. The molecular weight excluding hydrogens is 254 g/mol. The number of rotatable bonds is 8. The maximum Gasteiger partial charge on any atom is 0.333 e. The van der Waals surface area contributed by atoms with Gasteiger partial charge in [-0.3, -0.25) is 5.32 Å². The van der Waals surface area contributed by atoms with E-state index in [0.717, 1.165) is 12.0 Å². The van der Waals surface area contributed by atoms with E-state index < -0.39 is 5.54 Å². The number of carbonyl (C=O) groups excluding carboxylic acids is 1. The van der Waals surface area contributed by atoms with Crippen LogP contribution in [0.4, 0.5) is 0 Å². The van der Waals surface area contributed by atoms with Crippen molar-refractivity contribution in [2.75, 3.05) is 27.4 Å². The summed E-state index contributed by atoms with van der Waals surface area (Å²) in [6.45, 7) is 5.18. The van der Waals surface area contributed by atoms with Gasteiger partial charge in [-0.05, 0) is 24.9 Å². The topological polar surface area (TPSA) is 47.6 Å². The predicted octanol–water partition coefficient (Wildman–Crippen LogP) is 2.34. The SMILES string of the molecule is CNC(COCCC(C)C)(C(=O)OC)c1ccccc1. The number of hydrogen-bond donors (Lipinski definition) is 1. The van der Waals surface area contributed by atoms with Crippen LogP contribution in [0.5, 0.6) is 0 Å². The molecule has 0 aliphatic heterocycles. The zero-order valence-corrected chi connectivity index (χ0v) is 12.8. The van der Waals surface area contributed by atoms with E-state index in [9.17, 15) is 4.79 Å². The predicted molar refractivity (Wildman–Crippen MR) is 79.5 cm³/mol. The van der Waals surface area contributed by atoms with Gasteiger partial charge >= 0.3 is 5.97 Å². The summed E-state index contributed by atoms with van der Waals surface area (Å²) in [6.07, 6.45) is 0.968. The summed E-state index contributed by atoms with van der Waals surface area (Å²) in [7, 11) is 3.14. The molecule has 0 aliphatic rings. The minimum absolute atomic E-state index is 0.257. The number of ether oxygens (including phenoxy) is 2. The number of likely N-dealkylation sites (N-methyl/N-ethyl adjacent to an activating group) is 1. The van der Waals surface area contributed by atoms with E-state index in [0.29, 0.717) is 12.5 Å². The van der Waals surface area contributed by atoms with Crippen LogP contribution >= 0.6 is 0 Å². The van der Waals surface area contributed by atoms with Gasteiger partial charge in [-0.1, -0.05) is 44.2 Å². The minimum atomic E-state index is -0.951. The minimum Gasteiger partial charge on any atom is -0.467 e. The van der Waals surface area contributed by atoms with Crippen molar-refractivity contribution < 1.29 is 14.3 Å². The molecule has 0 aromatic heterocycles. The lowest BCUT2D eigenvalue weighted by atomic mass is 9.91. The molecule has 1 atom stereocenters. The molecule has 1 rings (SSSR count). The summed E-state index contributed by atoms with van der Waals surface area (Å²) in [5.41, 5.74) is -0.105. The van der Waals surface area contributed by atoms with E-state index in [1.807, 2.05) is 30.3 Å². The second-order valence-electron chi connectivity index (χ2n) is 5.25. The number of hydrogen-bond acceptors (Lipinski definition) is 4. The Labute approximate surface area is 121 Å². The third-order valence-corrected chi connectivity index (χ3v) is 3.39. The quantitative estimate of drug-likeness (QED) is 0.586. The number of benzene rings is 1. The highest BCUT2D eigenvalue weighted by molar-refractivity contribution is 5.82. The lowest BCUT2D eigenvalue weighted by Crippen LogP contribution is -2.51. The van der Waals surface area contributed by atoms with Crippen LogP contribution in [0.25, 0.3) is 0 Å². The zero-order chi connectivity index (χ0) is 15.0. The fraction of sp³-hybridized carbons (Fsp3) is 0.562. The summed E-state index contributed by atoms with van der Waals surface area (Å²) in [5, 5.41) is 3.07. The third-order valence-electron chi connectivity index (χ3n) is 3.39. The Bertz CT molecular complexity index is 405. The van der Waals surface area contributed by atoms with Crippen LogP contribution in [0.3, 0.4) is 0 Å². The van der Waals surface area contributed by atoms with Crippen molar-refractivity contribution in [2.45, 2.75) is 25.8 Å². The number of nitrogens with one attached hydrogen (secondary N) is 1. The van der Waals surface area contributed by atoms with Crippen molar-refractivity contribution in [3.05, 3.63) is 35.9 Å². The van der Waals surface area contributed by atoms with E-state index in [-0.39, 0.29) is 12.6 Å². The van der Waals surface area contributed by atoms with Crippen molar-refractivity contribution in [3.63, 3.8) is 0 Å². The van der Waals surface area contributed by atoms with E-state index >= 15 is 0 Å². The normalized spacial score (nSPS) is 14.1. The highest BCUT2D eigenvalue weighted by Crippen LogP contribution is 2.23. The molecule has 1 aromatic carbocycles. The molecule has 0 bridgehead atoms. The van der Waals surface area contributed by atoms with Crippen LogP contribution in [0, 0.1) is 5.92 Å². The summed E-state index contributed by atoms with van der Waals surface area (Å²) in [6, 6.07) is 9.52. The first kappa shape index (κ1) is 16.7. The standard InChI is InChI=1S/C16H25NO3/c1-13(2)10-11-20-12-16(17-3,15(18)19-4)14-8-6-5-7-9-14/h5-9,13,17H,10-12H2,1-4H3. The van der Waals surface area contributed by atoms with Gasteiger partial charge in [0.05, 0.1) is 13.7 Å². The van der Waals surface area contributed by atoms with Crippen LogP contribution < -0.4 is 5.32 Å².